The highest BCUT2D eigenvalue weighted by Gasteiger charge is 2.18. The number of carbonyl (C=O) groups excluding carboxylic acids is 1. The molecule has 0 unspecified atom stereocenters. The van der Waals surface area contributed by atoms with Gasteiger partial charge in [-0.15, -0.1) is 0 Å². The summed E-state index contributed by atoms with van der Waals surface area (Å²) in [5.74, 6) is 0.237. The van der Waals surface area contributed by atoms with Gasteiger partial charge in [0.1, 0.15) is 0 Å². The van der Waals surface area contributed by atoms with Gasteiger partial charge in [0.15, 0.2) is 0 Å². The van der Waals surface area contributed by atoms with E-state index in [9.17, 15) is 4.79 Å². The molecule has 0 atom stereocenters. The summed E-state index contributed by atoms with van der Waals surface area (Å²) in [6.45, 7) is 11.2. The number of aryl methyl sites for hydroxylation is 3. The Labute approximate surface area is 128 Å². The van der Waals surface area contributed by atoms with Gasteiger partial charge in [-0.3, -0.25) is 9.69 Å². The fourth-order valence-electron chi connectivity index (χ4n) is 3.03. The van der Waals surface area contributed by atoms with Crippen molar-refractivity contribution in [2.45, 2.75) is 27.3 Å². The van der Waals surface area contributed by atoms with Crippen LogP contribution in [0.25, 0.3) is 0 Å². The van der Waals surface area contributed by atoms with Gasteiger partial charge in [-0.05, 0) is 44.5 Å². The maximum atomic E-state index is 12.3. The first-order chi connectivity index (χ1) is 9.97. The lowest BCUT2D eigenvalue weighted by molar-refractivity contribution is -0.132. The first-order valence-electron chi connectivity index (χ1n) is 7.71. The van der Waals surface area contributed by atoms with Crippen LogP contribution >= 0.6 is 0 Å². The Kier molecular flexibility index (Phi) is 5.37. The number of hydrogen-bond donors (Lipinski definition) is 1. The third-order valence-corrected chi connectivity index (χ3v) is 4.14. The fraction of sp³-hybridized carbons (Fsp3) is 0.588. The van der Waals surface area contributed by atoms with Crippen molar-refractivity contribution in [1.29, 1.82) is 0 Å². The molecule has 4 nitrogen and oxygen atoms in total. The Bertz CT molecular complexity index is 484. The maximum Gasteiger partial charge on any atom is 0.236 e. The van der Waals surface area contributed by atoms with Crippen LogP contribution in [0.3, 0.4) is 0 Å². The SMILES string of the molecule is Cc1cc(C)c(CN(C)CC(=O)N2CCNCC2)c(C)c1. The molecule has 1 aromatic carbocycles. The maximum absolute atomic E-state index is 12.3. The molecule has 116 valence electrons. The van der Waals surface area contributed by atoms with Crippen LogP contribution < -0.4 is 5.32 Å². The molecule has 0 aromatic heterocycles. The minimum Gasteiger partial charge on any atom is -0.339 e. The van der Waals surface area contributed by atoms with Crippen molar-refractivity contribution in [2.24, 2.45) is 0 Å². The van der Waals surface area contributed by atoms with E-state index in [-0.39, 0.29) is 5.91 Å². The van der Waals surface area contributed by atoms with Gasteiger partial charge in [-0.2, -0.15) is 0 Å². The van der Waals surface area contributed by atoms with Crippen LogP contribution in [0.2, 0.25) is 0 Å². The van der Waals surface area contributed by atoms with Crippen molar-refractivity contribution in [3.8, 4) is 0 Å². The van der Waals surface area contributed by atoms with Crippen molar-refractivity contribution in [1.82, 2.24) is 15.1 Å². The molecular weight excluding hydrogens is 262 g/mol. The van der Waals surface area contributed by atoms with Crippen LogP contribution in [0.5, 0.6) is 0 Å². The Hall–Kier alpha value is -1.39. The van der Waals surface area contributed by atoms with Gasteiger partial charge < -0.3 is 10.2 Å². The highest BCUT2D eigenvalue weighted by molar-refractivity contribution is 5.78. The zero-order valence-corrected chi connectivity index (χ0v) is 13.7. The summed E-state index contributed by atoms with van der Waals surface area (Å²) in [4.78, 5) is 16.4. The molecule has 1 aromatic rings. The molecule has 0 aliphatic carbocycles. The van der Waals surface area contributed by atoms with E-state index in [4.69, 9.17) is 0 Å². The highest BCUT2D eigenvalue weighted by Crippen LogP contribution is 2.17. The number of rotatable bonds is 4. The van der Waals surface area contributed by atoms with Crippen LogP contribution in [-0.4, -0.2) is 55.5 Å². The molecule has 21 heavy (non-hydrogen) atoms. The Balaban J connectivity index is 1.95. The second-order valence-electron chi connectivity index (χ2n) is 6.18. The molecule has 0 radical (unpaired) electrons. The number of nitrogens with one attached hydrogen (secondary N) is 1. The molecular formula is C17H27N3O. The lowest BCUT2D eigenvalue weighted by Crippen LogP contribution is -2.49. The van der Waals surface area contributed by atoms with Gasteiger partial charge in [0.2, 0.25) is 5.91 Å². The van der Waals surface area contributed by atoms with E-state index in [1.165, 1.54) is 22.3 Å². The molecule has 1 aliphatic heterocycles. The summed E-state index contributed by atoms with van der Waals surface area (Å²) in [6, 6.07) is 4.43. The van der Waals surface area contributed by atoms with E-state index in [2.05, 4.69) is 43.1 Å². The quantitative estimate of drug-likeness (QED) is 0.912. The van der Waals surface area contributed by atoms with Gasteiger partial charge in [-0.25, -0.2) is 0 Å². The monoisotopic (exact) mass is 289 g/mol. The lowest BCUT2D eigenvalue weighted by atomic mass is 9.99. The third kappa shape index (κ3) is 4.29. The number of carbonyl (C=O) groups is 1. The van der Waals surface area contributed by atoms with Crippen LogP contribution in [0, 0.1) is 20.8 Å². The average molecular weight is 289 g/mol. The minimum absolute atomic E-state index is 0.237. The summed E-state index contributed by atoms with van der Waals surface area (Å²) in [5.41, 5.74) is 5.27. The second kappa shape index (κ2) is 7.05. The number of likely N-dealkylation sites (N-methyl/N-ethyl adjacent to an activating group) is 1. The normalized spacial score (nSPS) is 15.6. The van der Waals surface area contributed by atoms with Gasteiger partial charge >= 0.3 is 0 Å². The molecule has 0 saturated carbocycles. The standard InChI is InChI=1S/C17H27N3O/c1-13-9-14(2)16(15(3)10-13)11-19(4)12-17(21)20-7-5-18-6-8-20/h9-10,18H,5-8,11-12H2,1-4H3. The van der Waals surface area contributed by atoms with Crippen molar-refractivity contribution >= 4 is 5.91 Å². The highest BCUT2D eigenvalue weighted by atomic mass is 16.2. The molecule has 1 amide bonds. The molecule has 1 aliphatic rings. The number of benzene rings is 1. The van der Waals surface area contributed by atoms with Gasteiger partial charge in [-0.1, -0.05) is 17.7 Å². The number of piperazine rings is 1. The first kappa shape index (κ1) is 16.0. The fourth-order valence-corrected chi connectivity index (χ4v) is 3.03. The summed E-state index contributed by atoms with van der Waals surface area (Å²) >= 11 is 0. The third-order valence-electron chi connectivity index (χ3n) is 4.14. The van der Waals surface area contributed by atoms with E-state index < -0.39 is 0 Å². The molecule has 1 fully saturated rings. The Morgan fingerprint density at radius 3 is 2.33 bits per heavy atom. The predicted octanol–water partition coefficient (Wildman–Crippen LogP) is 1.48. The minimum atomic E-state index is 0.237. The smallest absolute Gasteiger partial charge is 0.236 e. The summed E-state index contributed by atoms with van der Waals surface area (Å²) in [5, 5.41) is 3.28. The number of amides is 1. The summed E-state index contributed by atoms with van der Waals surface area (Å²) in [6.07, 6.45) is 0. The zero-order valence-electron chi connectivity index (χ0n) is 13.7. The van der Waals surface area contributed by atoms with E-state index in [1.807, 2.05) is 11.9 Å². The zero-order chi connectivity index (χ0) is 15.4. The second-order valence-corrected chi connectivity index (χ2v) is 6.18. The van der Waals surface area contributed by atoms with Crippen molar-refractivity contribution in [2.75, 3.05) is 39.8 Å². The lowest BCUT2D eigenvalue weighted by Gasteiger charge is -2.29. The van der Waals surface area contributed by atoms with Crippen LogP contribution in [0.15, 0.2) is 12.1 Å². The van der Waals surface area contributed by atoms with Crippen molar-refractivity contribution in [3.63, 3.8) is 0 Å². The molecule has 1 N–H and O–H groups in total. The summed E-state index contributed by atoms with van der Waals surface area (Å²) < 4.78 is 0. The van der Waals surface area contributed by atoms with Gasteiger partial charge in [0.25, 0.3) is 0 Å². The van der Waals surface area contributed by atoms with E-state index in [1.54, 1.807) is 0 Å². The largest absolute Gasteiger partial charge is 0.339 e. The van der Waals surface area contributed by atoms with Crippen LogP contribution in [0.4, 0.5) is 0 Å². The molecule has 0 bridgehead atoms. The number of nitrogens with zero attached hydrogens (tertiary/aromatic N) is 2. The van der Waals surface area contributed by atoms with E-state index in [0.717, 1.165) is 32.7 Å². The Morgan fingerprint density at radius 1 is 1.19 bits per heavy atom. The molecule has 0 spiro atoms. The number of hydrogen-bond acceptors (Lipinski definition) is 3. The van der Waals surface area contributed by atoms with E-state index >= 15 is 0 Å². The van der Waals surface area contributed by atoms with Gasteiger partial charge in [0, 0.05) is 32.7 Å². The molecule has 4 heteroatoms. The van der Waals surface area contributed by atoms with Crippen LogP contribution in [0.1, 0.15) is 22.3 Å². The van der Waals surface area contributed by atoms with Crippen molar-refractivity contribution < 1.29 is 4.79 Å². The van der Waals surface area contributed by atoms with Crippen LogP contribution in [-0.2, 0) is 11.3 Å². The molecule has 2 rings (SSSR count). The first-order valence-corrected chi connectivity index (χ1v) is 7.71. The Morgan fingerprint density at radius 2 is 1.76 bits per heavy atom. The van der Waals surface area contributed by atoms with Crippen molar-refractivity contribution in [3.05, 3.63) is 34.4 Å². The molecule has 1 heterocycles. The van der Waals surface area contributed by atoms with E-state index in [0.29, 0.717) is 6.54 Å². The topological polar surface area (TPSA) is 35.6 Å². The summed E-state index contributed by atoms with van der Waals surface area (Å²) in [7, 11) is 2.03. The average Bonchev–Trinajstić information content (AvgIpc) is 2.43. The predicted molar refractivity (Wildman–Crippen MR) is 86.4 cm³/mol. The molecule has 1 saturated heterocycles. The van der Waals surface area contributed by atoms with Gasteiger partial charge in [0.05, 0.1) is 6.54 Å².